The zero-order valence-electron chi connectivity index (χ0n) is 8.70. The van der Waals surface area contributed by atoms with E-state index in [2.05, 4.69) is 27.5 Å². The van der Waals surface area contributed by atoms with Gasteiger partial charge in [0.15, 0.2) is 0 Å². The zero-order valence-corrected chi connectivity index (χ0v) is 9.46. The van der Waals surface area contributed by atoms with Crippen LogP contribution in [0.25, 0.3) is 0 Å². The minimum atomic E-state index is 0.403. The molecule has 82 valence electrons. The summed E-state index contributed by atoms with van der Waals surface area (Å²) in [6.45, 7) is 3.27. The molecule has 5 heteroatoms. The first-order chi connectivity index (χ1) is 7.25. The number of aromatic nitrogens is 2. The SMILES string of the molecule is C[C@H]1NCCC[C@@H]1Nc1ncc(Cl)cn1. The highest BCUT2D eigenvalue weighted by Gasteiger charge is 2.20. The lowest BCUT2D eigenvalue weighted by molar-refractivity contribution is 0.388. The number of anilines is 1. The van der Waals surface area contributed by atoms with Gasteiger partial charge < -0.3 is 10.6 Å². The van der Waals surface area contributed by atoms with E-state index in [4.69, 9.17) is 11.6 Å². The van der Waals surface area contributed by atoms with Crippen molar-refractivity contribution in [1.82, 2.24) is 15.3 Å². The molecular formula is C10H15ClN4. The molecule has 0 spiro atoms. The van der Waals surface area contributed by atoms with Gasteiger partial charge in [-0.05, 0) is 26.3 Å². The first-order valence-corrected chi connectivity index (χ1v) is 5.61. The number of rotatable bonds is 2. The van der Waals surface area contributed by atoms with Gasteiger partial charge in [-0.2, -0.15) is 0 Å². The number of halogens is 1. The van der Waals surface area contributed by atoms with Crippen LogP contribution < -0.4 is 10.6 Å². The first kappa shape index (κ1) is 10.6. The molecule has 1 aromatic heterocycles. The van der Waals surface area contributed by atoms with E-state index >= 15 is 0 Å². The molecule has 2 atom stereocenters. The molecule has 1 saturated heterocycles. The Morgan fingerprint density at radius 2 is 2.20 bits per heavy atom. The van der Waals surface area contributed by atoms with E-state index < -0.39 is 0 Å². The van der Waals surface area contributed by atoms with E-state index in [0.717, 1.165) is 13.0 Å². The van der Waals surface area contributed by atoms with Crippen LogP contribution in [-0.2, 0) is 0 Å². The molecule has 0 aliphatic carbocycles. The van der Waals surface area contributed by atoms with Gasteiger partial charge >= 0.3 is 0 Å². The third-order valence-corrected chi connectivity index (χ3v) is 2.89. The van der Waals surface area contributed by atoms with Crippen molar-refractivity contribution in [2.45, 2.75) is 31.8 Å². The second-order valence-electron chi connectivity index (χ2n) is 3.86. The molecule has 15 heavy (non-hydrogen) atoms. The van der Waals surface area contributed by atoms with Crippen LogP contribution in [-0.4, -0.2) is 28.6 Å². The Hall–Kier alpha value is -0.870. The van der Waals surface area contributed by atoms with Crippen LogP contribution in [0.2, 0.25) is 5.02 Å². The molecule has 2 heterocycles. The molecule has 0 radical (unpaired) electrons. The van der Waals surface area contributed by atoms with Gasteiger partial charge in [-0.15, -0.1) is 0 Å². The van der Waals surface area contributed by atoms with Crippen molar-refractivity contribution in [1.29, 1.82) is 0 Å². The molecule has 1 aliphatic heterocycles. The summed E-state index contributed by atoms with van der Waals surface area (Å²) in [5.74, 6) is 0.653. The van der Waals surface area contributed by atoms with Gasteiger partial charge in [-0.3, -0.25) is 0 Å². The largest absolute Gasteiger partial charge is 0.350 e. The minimum Gasteiger partial charge on any atom is -0.350 e. The molecule has 1 fully saturated rings. The van der Waals surface area contributed by atoms with Crippen LogP contribution in [0.5, 0.6) is 0 Å². The van der Waals surface area contributed by atoms with E-state index in [9.17, 15) is 0 Å². The zero-order chi connectivity index (χ0) is 10.7. The average molecular weight is 227 g/mol. The molecule has 0 saturated carbocycles. The van der Waals surface area contributed by atoms with Crippen LogP contribution >= 0.6 is 11.6 Å². The van der Waals surface area contributed by atoms with Crippen molar-refractivity contribution in [3.05, 3.63) is 17.4 Å². The van der Waals surface area contributed by atoms with Crippen LogP contribution in [0.1, 0.15) is 19.8 Å². The predicted molar refractivity (Wildman–Crippen MR) is 61.2 cm³/mol. The van der Waals surface area contributed by atoms with Gasteiger partial charge in [0.1, 0.15) is 0 Å². The van der Waals surface area contributed by atoms with E-state index in [1.807, 2.05) is 0 Å². The average Bonchev–Trinajstić information content (AvgIpc) is 2.25. The van der Waals surface area contributed by atoms with Gasteiger partial charge in [0.25, 0.3) is 0 Å². The Kier molecular flexibility index (Phi) is 3.38. The quantitative estimate of drug-likeness (QED) is 0.806. The number of hydrogen-bond acceptors (Lipinski definition) is 4. The van der Waals surface area contributed by atoms with Gasteiger partial charge in [0, 0.05) is 12.1 Å². The fourth-order valence-corrected chi connectivity index (χ4v) is 1.89. The topological polar surface area (TPSA) is 49.8 Å². The third kappa shape index (κ3) is 2.79. The Labute approximate surface area is 94.5 Å². The lowest BCUT2D eigenvalue weighted by atomic mass is 10.0. The van der Waals surface area contributed by atoms with Crippen LogP contribution in [0.3, 0.4) is 0 Å². The van der Waals surface area contributed by atoms with Crippen molar-refractivity contribution in [3.8, 4) is 0 Å². The van der Waals surface area contributed by atoms with E-state index in [0.29, 0.717) is 23.1 Å². The van der Waals surface area contributed by atoms with Crippen molar-refractivity contribution in [2.75, 3.05) is 11.9 Å². The summed E-state index contributed by atoms with van der Waals surface area (Å²) in [5, 5.41) is 7.30. The van der Waals surface area contributed by atoms with Crippen molar-refractivity contribution in [2.24, 2.45) is 0 Å². The number of hydrogen-bond donors (Lipinski definition) is 2. The predicted octanol–water partition coefficient (Wildman–Crippen LogP) is 1.68. The third-order valence-electron chi connectivity index (χ3n) is 2.70. The number of nitrogens with zero attached hydrogens (tertiary/aromatic N) is 2. The second kappa shape index (κ2) is 4.77. The second-order valence-corrected chi connectivity index (χ2v) is 4.30. The summed E-state index contributed by atoms with van der Waals surface area (Å²) >= 11 is 5.72. The van der Waals surface area contributed by atoms with Gasteiger partial charge in [0.2, 0.25) is 5.95 Å². The molecule has 2 N–H and O–H groups in total. The molecular weight excluding hydrogens is 212 g/mol. The van der Waals surface area contributed by atoms with Crippen LogP contribution in [0.4, 0.5) is 5.95 Å². The summed E-state index contributed by atoms with van der Waals surface area (Å²) in [5.41, 5.74) is 0. The Morgan fingerprint density at radius 1 is 1.47 bits per heavy atom. The maximum atomic E-state index is 5.72. The molecule has 0 unspecified atom stereocenters. The fraction of sp³-hybridized carbons (Fsp3) is 0.600. The first-order valence-electron chi connectivity index (χ1n) is 5.23. The molecule has 4 nitrogen and oxygen atoms in total. The maximum Gasteiger partial charge on any atom is 0.222 e. The Balaban J connectivity index is 1.98. The lowest BCUT2D eigenvalue weighted by Gasteiger charge is -2.30. The summed E-state index contributed by atoms with van der Waals surface area (Å²) in [6.07, 6.45) is 5.56. The van der Waals surface area contributed by atoms with Gasteiger partial charge in [-0.25, -0.2) is 9.97 Å². The molecule has 0 amide bonds. The maximum absolute atomic E-state index is 5.72. The van der Waals surface area contributed by atoms with E-state index in [1.54, 1.807) is 12.4 Å². The molecule has 0 bridgehead atoms. The monoisotopic (exact) mass is 226 g/mol. The lowest BCUT2D eigenvalue weighted by Crippen LogP contribution is -2.46. The Bertz CT molecular complexity index is 314. The van der Waals surface area contributed by atoms with Crippen molar-refractivity contribution >= 4 is 17.5 Å². The standard InChI is InChI=1S/C10H15ClN4/c1-7-9(3-2-4-12-7)15-10-13-5-8(11)6-14-10/h5-7,9,12H,2-4H2,1H3,(H,13,14,15)/t7-,9+/m1/s1. The summed E-state index contributed by atoms with van der Waals surface area (Å²) in [6, 6.07) is 0.859. The van der Waals surface area contributed by atoms with E-state index in [-0.39, 0.29) is 0 Å². The number of nitrogens with one attached hydrogen (secondary N) is 2. The molecule has 2 rings (SSSR count). The smallest absolute Gasteiger partial charge is 0.222 e. The number of piperidine rings is 1. The van der Waals surface area contributed by atoms with E-state index in [1.165, 1.54) is 6.42 Å². The van der Waals surface area contributed by atoms with Gasteiger partial charge in [-0.1, -0.05) is 11.6 Å². The van der Waals surface area contributed by atoms with Crippen molar-refractivity contribution in [3.63, 3.8) is 0 Å². The van der Waals surface area contributed by atoms with Gasteiger partial charge in [0.05, 0.1) is 17.4 Å². The highest BCUT2D eigenvalue weighted by Crippen LogP contribution is 2.13. The Morgan fingerprint density at radius 3 is 2.87 bits per heavy atom. The fourth-order valence-electron chi connectivity index (χ4n) is 1.79. The summed E-state index contributed by atoms with van der Waals surface area (Å²) < 4.78 is 0. The normalized spacial score (nSPS) is 26.3. The highest BCUT2D eigenvalue weighted by atomic mass is 35.5. The molecule has 1 aliphatic rings. The van der Waals surface area contributed by atoms with Crippen LogP contribution in [0, 0.1) is 0 Å². The molecule has 0 aromatic carbocycles. The summed E-state index contributed by atoms with van der Waals surface area (Å²) in [4.78, 5) is 8.25. The van der Waals surface area contributed by atoms with Crippen molar-refractivity contribution < 1.29 is 0 Å². The minimum absolute atomic E-state index is 0.403. The highest BCUT2D eigenvalue weighted by molar-refractivity contribution is 6.30. The van der Waals surface area contributed by atoms with Crippen LogP contribution in [0.15, 0.2) is 12.4 Å². The molecule has 1 aromatic rings. The summed E-state index contributed by atoms with van der Waals surface area (Å²) in [7, 11) is 0.